The number of carbonyl (C=O) groups is 4. The monoisotopic (exact) mass is 760 g/mol. The van der Waals surface area contributed by atoms with Gasteiger partial charge in [0.15, 0.2) is 0 Å². The fourth-order valence-electron chi connectivity index (χ4n) is 5.97. The van der Waals surface area contributed by atoms with Crippen molar-refractivity contribution in [2.45, 2.75) is 43.2 Å². The van der Waals surface area contributed by atoms with E-state index in [-0.39, 0.29) is 52.4 Å². The third kappa shape index (κ3) is 11.4. The van der Waals surface area contributed by atoms with Crippen molar-refractivity contribution in [3.63, 3.8) is 0 Å². The molecule has 2 amide bonds. The Balaban J connectivity index is 1.54. The molecule has 16 heteroatoms. The van der Waals surface area contributed by atoms with Crippen LogP contribution in [-0.2, 0) is 43.7 Å². The first-order chi connectivity index (χ1) is 25.9. The van der Waals surface area contributed by atoms with Crippen molar-refractivity contribution in [2.24, 2.45) is 0 Å². The highest BCUT2D eigenvalue weighted by molar-refractivity contribution is 5.81. The number of nitrogens with one attached hydrogen (secondary N) is 1. The Kier molecular flexibility index (Phi) is 15.2. The number of ether oxygens (including phenoxy) is 6. The number of rotatable bonds is 20. The van der Waals surface area contributed by atoms with Gasteiger partial charge in [0.05, 0.1) is 59.0 Å². The maximum atomic E-state index is 13.6. The first kappa shape index (κ1) is 41.6. The number of alkyl halides is 3. The van der Waals surface area contributed by atoms with Crippen LogP contribution >= 0.6 is 0 Å². The molecule has 2 atom stereocenters. The van der Waals surface area contributed by atoms with Crippen molar-refractivity contribution < 1.29 is 65.9 Å². The van der Waals surface area contributed by atoms with Gasteiger partial charge >= 0.3 is 24.0 Å². The molecular formula is C38H43F3N2O11. The number of carboxylic acids is 1. The minimum absolute atomic E-state index is 0.0607. The van der Waals surface area contributed by atoms with E-state index in [9.17, 15) is 32.3 Å². The fourth-order valence-corrected chi connectivity index (χ4v) is 5.97. The van der Waals surface area contributed by atoms with Gasteiger partial charge in [-0.05, 0) is 47.4 Å². The van der Waals surface area contributed by atoms with Gasteiger partial charge in [0.1, 0.15) is 30.3 Å². The zero-order chi connectivity index (χ0) is 39.1. The van der Waals surface area contributed by atoms with Gasteiger partial charge in [-0.15, -0.1) is 0 Å². The van der Waals surface area contributed by atoms with E-state index >= 15 is 0 Å². The molecule has 1 heterocycles. The summed E-state index contributed by atoms with van der Waals surface area (Å²) in [5.74, 6) is -3.14. The average molecular weight is 761 g/mol. The van der Waals surface area contributed by atoms with E-state index in [1.165, 1.54) is 4.90 Å². The highest BCUT2D eigenvalue weighted by atomic mass is 19.4. The van der Waals surface area contributed by atoms with Gasteiger partial charge in [-0.25, -0.2) is 0 Å². The van der Waals surface area contributed by atoms with Crippen molar-refractivity contribution in [2.75, 3.05) is 60.3 Å². The number of methoxy groups -OCH3 is 2. The second-order valence-electron chi connectivity index (χ2n) is 12.2. The third-order valence-corrected chi connectivity index (χ3v) is 8.58. The lowest BCUT2D eigenvalue weighted by Gasteiger charge is -2.38. The van der Waals surface area contributed by atoms with Gasteiger partial charge in [0.25, 0.3) is 0 Å². The number of likely N-dealkylation sites (tertiary alicyclic amines) is 1. The van der Waals surface area contributed by atoms with Crippen LogP contribution in [0.1, 0.15) is 36.0 Å². The molecule has 0 aliphatic carbocycles. The Morgan fingerprint density at radius 3 is 1.93 bits per heavy atom. The molecule has 0 radical (unpaired) electrons. The smallest absolute Gasteiger partial charge is 0.471 e. The molecule has 1 aliphatic rings. The summed E-state index contributed by atoms with van der Waals surface area (Å²) < 4.78 is 71.1. The van der Waals surface area contributed by atoms with Gasteiger partial charge in [0, 0.05) is 13.1 Å². The summed E-state index contributed by atoms with van der Waals surface area (Å²) in [5.41, 5.74) is 1.12. The summed E-state index contributed by atoms with van der Waals surface area (Å²) in [6.45, 7) is -1.24. The molecule has 1 aliphatic heterocycles. The van der Waals surface area contributed by atoms with Crippen LogP contribution in [0.15, 0.2) is 78.9 Å². The third-order valence-electron chi connectivity index (χ3n) is 8.58. The van der Waals surface area contributed by atoms with E-state index in [4.69, 9.17) is 33.5 Å². The van der Waals surface area contributed by atoms with Crippen molar-refractivity contribution >= 4 is 23.8 Å². The van der Waals surface area contributed by atoms with E-state index in [0.29, 0.717) is 11.5 Å². The molecule has 3 aromatic carbocycles. The number of nitrogens with zero attached hydrogens (tertiary/aromatic N) is 1. The van der Waals surface area contributed by atoms with E-state index in [2.05, 4.69) is 0 Å². The number of carboxylic acid groups (broad SMARTS) is 1. The van der Waals surface area contributed by atoms with Crippen LogP contribution in [0.4, 0.5) is 13.2 Å². The second kappa shape index (κ2) is 19.8. The molecular weight excluding hydrogens is 717 g/mol. The van der Waals surface area contributed by atoms with Crippen molar-refractivity contribution in [1.29, 1.82) is 0 Å². The van der Waals surface area contributed by atoms with Gasteiger partial charge in [0.2, 0.25) is 5.91 Å². The van der Waals surface area contributed by atoms with Crippen molar-refractivity contribution in [1.82, 2.24) is 10.2 Å². The SMILES string of the molecule is COc1ccc(C(O[C@@H]2C[C@@H](COC(=O)CCC(=O)O)N(C(=O)COCCOCCNC(=O)C(F)(F)F)C2)(c2ccccc2)c2ccc(OC)cc2)cc1. The number of carbonyl (C=O) groups excluding carboxylic acids is 3. The molecule has 54 heavy (non-hydrogen) atoms. The Bertz CT molecular complexity index is 1630. The molecule has 13 nitrogen and oxygen atoms in total. The minimum Gasteiger partial charge on any atom is -0.497 e. The van der Waals surface area contributed by atoms with E-state index in [1.807, 2.05) is 78.9 Å². The number of aliphatic carboxylic acids is 1. The fraction of sp³-hybridized carbons (Fsp3) is 0.421. The van der Waals surface area contributed by atoms with Crippen LogP contribution in [0.3, 0.4) is 0 Å². The maximum absolute atomic E-state index is 13.6. The van der Waals surface area contributed by atoms with Crippen LogP contribution in [0.5, 0.6) is 11.5 Å². The largest absolute Gasteiger partial charge is 0.497 e. The van der Waals surface area contributed by atoms with Crippen LogP contribution in [0.2, 0.25) is 0 Å². The molecule has 3 aromatic rings. The number of halogens is 3. The highest BCUT2D eigenvalue weighted by Crippen LogP contribution is 2.44. The number of hydrogen-bond acceptors (Lipinski definition) is 10. The Hall–Kier alpha value is -5.19. The molecule has 2 N–H and O–H groups in total. The molecule has 292 valence electrons. The second-order valence-corrected chi connectivity index (χ2v) is 12.2. The predicted octanol–water partition coefficient (Wildman–Crippen LogP) is 4.10. The predicted molar refractivity (Wildman–Crippen MR) is 186 cm³/mol. The van der Waals surface area contributed by atoms with E-state index < -0.39 is 60.7 Å². The number of benzene rings is 3. The Morgan fingerprint density at radius 2 is 1.37 bits per heavy atom. The summed E-state index contributed by atoms with van der Waals surface area (Å²) in [6, 6.07) is 23.8. The molecule has 0 aromatic heterocycles. The summed E-state index contributed by atoms with van der Waals surface area (Å²) in [4.78, 5) is 49.4. The maximum Gasteiger partial charge on any atom is 0.471 e. The van der Waals surface area contributed by atoms with Crippen LogP contribution in [-0.4, -0.2) is 112 Å². The normalized spacial score (nSPS) is 15.8. The van der Waals surface area contributed by atoms with Crippen molar-refractivity contribution in [3.8, 4) is 11.5 Å². The lowest BCUT2D eigenvalue weighted by molar-refractivity contribution is -0.173. The number of hydrogen-bond donors (Lipinski definition) is 2. The summed E-state index contributed by atoms with van der Waals surface area (Å²) >= 11 is 0. The average Bonchev–Trinajstić information content (AvgIpc) is 3.58. The Morgan fingerprint density at radius 1 is 0.796 bits per heavy atom. The van der Waals surface area contributed by atoms with Crippen LogP contribution < -0.4 is 14.8 Å². The lowest BCUT2D eigenvalue weighted by Crippen LogP contribution is -2.42. The van der Waals surface area contributed by atoms with Gasteiger partial charge in [-0.2, -0.15) is 13.2 Å². The molecule has 1 fully saturated rings. The number of amides is 2. The summed E-state index contributed by atoms with van der Waals surface area (Å²) in [7, 11) is 3.14. The first-order valence-corrected chi connectivity index (χ1v) is 17.1. The zero-order valence-electron chi connectivity index (χ0n) is 29.8. The van der Waals surface area contributed by atoms with Gasteiger partial charge < -0.3 is 43.7 Å². The van der Waals surface area contributed by atoms with E-state index in [0.717, 1.165) is 16.7 Å². The molecule has 4 rings (SSSR count). The van der Waals surface area contributed by atoms with Gasteiger partial charge in [-0.1, -0.05) is 54.6 Å². The summed E-state index contributed by atoms with van der Waals surface area (Å²) in [6.07, 6.45) is -6.12. The zero-order valence-corrected chi connectivity index (χ0v) is 29.8. The molecule has 1 saturated heterocycles. The lowest BCUT2D eigenvalue weighted by atomic mass is 9.79. The topological polar surface area (TPSA) is 159 Å². The highest BCUT2D eigenvalue weighted by Gasteiger charge is 2.45. The molecule has 0 bridgehead atoms. The van der Waals surface area contributed by atoms with Crippen molar-refractivity contribution in [3.05, 3.63) is 95.6 Å². The molecule has 0 saturated carbocycles. The molecule has 0 unspecified atom stereocenters. The van der Waals surface area contributed by atoms with Crippen LogP contribution in [0.25, 0.3) is 0 Å². The Labute approximate surface area is 310 Å². The number of esters is 1. The quantitative estimate of drug-likeness (QED) is 0.0971. The van der Waals surface area contributed by atoms with Crippen LogP contribution in [0, 0.1) is 0 Å². The molecule has 0 spiro atoms. The minimum atomic E-state index is -4.99. The first-order valence-electron chi connectivity index (χ1n) is 17.1. The standard InChI is InChI=1S/C38H43F3N2O11/c1-49-30-12-8-27(9-13-30)37(26-6-4-3-5-7-26,28-10-14-31(50-2)15-11-28)54-32-22-29(24-53-35(47)17-16-34(45)46)43(23-32)33(44)25-52-21-20-51-19-18-42-36(48)38(39,40)41/h3-15,29,32H,16-25H2,1-2H3,(H,42,48)(H,45,46)/t29-,32+/m0/s1. The van der Waals surface area contributed by atoms with Gasteiger partial charge in [-0.3, -0.25) is 19.2 Å². The van der Waals surface area contributed by atoms with E-state index in [1.54, 1.807) is 19.5 Å². The summed E-state index contributed by atoms with van der Waals surface area (Å²) in [5, 5.41) is 10.7.